The normalized spacial score (nSPS) is 17.1. The van der Waals surface area contributed by atoms with Crippen LogP contribution in [0.4, 0.5) is 0 Å². The van der Waals surface area contributed by atoms with E-state index in [-0.39, 0.29) is 0 Å². The van der Waals surface area contributed by atoms with Crippen LogP contribution >= 0.6 is 0 Å². The first kappa shape index (κ1) is 12.9. The predicted octanol–water partition coefficient (Wildman–Crippen LogP) is 2.70. The van der Waals surface area contributed by atoms with Crippen molar-refractivity contribution < 1.29 is 9.47 Å². The molecule has 1 aliphatic rings. The van der Waals surface area contributed by atoms with Gasteiger partial charge in [-0.1, -0.05) is 18.2 Å². The molecule has 0 radical (unpaired) electrons. The molecule has 4 nitrogen and oxygen atoms in total. The number of hydrogen-bond acceptors (Lipinski definition) is 4. The van der Waals surface area contributed by atoms with Crippen molar-refractivity contribution >= 4 is 0 Å². The van der Waals surface area contributed by atoms with E-state index in [0.717, 1.165) is 25.3 Å². The minimum absolute atomic E-state index is 0.333. The first-order valence-corrected chi connectivity index (χ1v) is 6.81. The van der Waals surface area contributed by atoms with Gasteiger partial charge < -0.3 is 14.8 Å². The van der Waals surface area contributed by atoms with Gasteiger partial charge in [0.1, 0.15) is 5.75 Å². The molecule has 2 aromatic rings. The predicted molar refractivity (Wildman–Crippen MR) is 76.9 cm³/mol. The molecule has 1 unspecified atom stereocenters. The zero-order valence-corrected chi connectivity index (χ0v) is 11.5. The number of para-hydroxylation sites is 1. The summed E-state index contributed by atoms with van der Waals surface area (Å²) in [6.45, 7) is 1.55. The molecule has 104 valence electrons. The molecular weight excluding hydrogens is 252 g/mol. The van der Waals surface area contributed by atoms with Gasteiger partial charge in [0.05, 0.1) is 13.7 Å². The molecule has 3 rings (SSSR count). The van der Waals surface area contributed by atoms with E-state index in [2.05, 4.69) is 22.4 Å². The summed E-state index contributed by atoms with van der Waals surface area (Å²) in [5.74, 6) is 1.64. The highest BCUT2D eigenvalue weighted by Crippen LogP contribution is 2.31. The fraction of sp³-hybridized carbons (Fsp3) is 0.312. The molecule has 20 heavy (non-hydrogen) atoms. The maximum absolute atomic E-state index is 5.67. The van der Waals surface area contributed by atoms with Crippen molar-refractivity contribution in [1.29, 1.82) is 0 Å². The lowest BCUT2D eigenvalue weighted by atomic mass is 10.0. The summed E-state index contributed by atoms with van der Waals surface area (Å²) in [5, 5.41) is 3.58. The summed E-state index contributed by atoms with van der Waals surface area (Å²) in [5.41, 5.74) is 2.40. The Labute approximate surface area is 118 Å². The topological polar surface area (TPSA) is 43.4 Å². The van der Waals surface area contributed by atoms with Crippen molar-refractivity contribution in [3.63, 3.8) is 0 Å². The van der Waals surface area contributed by atoms with Gasteiger partial charge in [-0.05, 0) is 17.7 Å². The fourth-order valence-electron chi connectivity index (χ4n) is 2.47. The van der Waals surface area contributed by atoms with Crippen molar-refractivity contribution in [2.24, 2.45) is 0 Å². The lowest BCUT2D eigenvalue weighted by Gasteiger charge is -2.26. The lowest BCUT2D eigenvalue weighted by molar-refractivity contribution is 0.252. The number of methoxy groups -OCH3 is 1. The van der Waals surface area contributed by atoms with Gasteiger partial charge in [-0.3, -0.25) is 0 Å². The maximum Gasteiger partial charge on any atom is 0.213 e. The largest absolute Gasteiger partial charge is 0.493 e. The second-order valence-corrected chi connectivity index (χ2v) is 4.81. The summed E-state index contributed by atoms with van der Waals surface area (Å²) in [7, 11) is 1.63. The summed E-state index contributed by atoms with van der Waals surface area (Å²) in [6.07, 6.45) is 2.76. The fourth-order valence-corrected chi connectivity index (χ4v) is 2.47. The third-order valence-electron chi connectivity index (χ3n) is 3.52. The van der Waals surface area contributed by atoms with Crippen LogP contribution in [0.15, 0.2) is 42.6 Å². The van der Waals surface area contributed by atoms with Crippen molar-refractivity contribution in [2.45, 2.75) is 19.0 Å². The van der Waals surface area contributed by atoms with Crippen LogP contribution in [-0.2, 0) is 6.54 Å². The number of benzene rings is 1. The van der Waals surface area contributed by atoms with E-state index in [1.807, 2.05) is 24.3 Å². The SMILES string of the molecule is COc1cc(CNC2CCOc3ccccc32)ccn1. The molecule has 2 heterocycles. The van der Waals surface area contributed by atoms with Crippen LogP contribution in [0, 0.1) is 0 Å². The number of hydrogen-bond donors (Lipinski definition) is 1. The first-order chi connectivity index (χ1) is 9.86. The number of nitrogens with one attached hydrogen (secondary N) is 1. The summed E-state index contributed by atoms with van der Waals surface area (Å²) < 4.78 is 10.8. The monoisotopic (exact) mass is 270 g/mol. The molecular formula is C16H18N2O2. The van der Waals surface area contributed by atoms with E-state index in [1.54, 1.807) is 13.3 Å². The molecule has 0 saturated carbocycles. The number of ether oxygens (including phenoxy) is 2. The van der Waals surface area contributed by atoms with Gasteiger partial charge in [-0.15, -0.1) is 0 Å². The maximum atomic E-state index is 5.67. The van der Waals surface area contributed by atoms with Crippen LogP contribution in [0.3, 0.4) is 0 Å². The zero-order valence-electron chi connectivity index (χ0n) is 11.5. The van der Waals surface area contributed by atoms with Gasteiger partial charge in [0, 0.05) is 36.8 Å². The van der Waals surface area contributed by atoms with Gasteiger partial charge >= 0.3 is 0 Å². The van der Waals surface area contributed by atoms with Gasteiger partial charge in [0.15, 0.2) is 0 Å². The van der Waals surface area contributed by atoms with Crippen molar-refractivity contribution in [3.8, 4) is 11.6 Å². The van der Waals surface area contributed by atoms with Crippen molar-refractivity contribution in [1.82, 2.24) is 10.3 Å². The highest BCUT2D eigenvalue weighted by Gasteiger charge is 2.20. The van der Waals surface area contributed by atoms with Gasteiger partial charge in [-0.2, -0.15) is 0 Å². The smallest absolute Gasteiger partial charge is 0.213 e. The van der Waals surface area contributed by atoms with E-state index in [4.69, 9.17) is 9.47 Å². The highest BCUT2D eigenvalue weighted by atomic mass is 16.5. The van der Waals surface area contributed by atoms with Crippen LogP contribution in [-0.4, -0.2) is 18.7 Å². The average Bonchev–Trinajstić information content (AvgIpc) is 2.53. The second kappa shape index (κ2) is 5.92. The quantitative estimate of drug-likeness (QED) is 0.927. The molecule has 4 heteroatoms. The zero-order chi connectivity index (χ0) is 13.8. The Morgan fingerprint density at radius 2 is 2.25 bits per heavy atom. The van der Waals surface area contributed by atoms with E-state index < -0.39 is 0 Å². The van der Waals surface area contributed by atoms with E-state index in [1.165, 1.54) is 11.1 Å². The van der Waals surface area contributed by atoms with E-state index in [0.29, 0.717) is 11.9 Å². The Bertz CT molecular complexity index is 586. The lowest BCUT2D eigenvalue weighted by Crippen LogP contribution is -2.26. The number of pyridine rings is 1. The first-order valence-electron chi connectivity index (χ1n) is 6.81. The third kappa shape index (κ3) is 2.75. The number of aromatic nitrogens is 1. The minimum atomic E-state index is 0.333. The molecule has 0 amide bonds. The molecule has 1 aromatic carbocycles. The summed E-state index contributed by atoms with van der Waals surface area (Å²) in [6, 6.07) is 12.5. The van der Waals surface area contributed by atoms with Gasteiger partial charge in [0.2, 0.25) is 5.88 Å². The molecule has 0 spiro atoms. The molecule has 0 saturated heterocycles. The Morgan fingerprint density at radius 3 is 3.15 bits per heavy atom. The van der Waals surface area contributed by atoms with Gasteiger partial charge in [-0.25, -0.2) is 4.98 Å². The Morgan fingerprint density at radius 1 is 1.35 bits per heavy atom. The number of nitrogens with zero attached hydrogens (tertiary/aromatic N) is 1. The summed E-state index contributed by atoms with van der Waals surface area (Å²) >= 11 is 0. The van der Waals surface area contributed by atoms with E-state index >= 15 is 0 Å². The molecule has 0 fully saturated rings. The van der Waals surface area contributed by atoms with Crippen LogP contribution in [0.2, 0.25) is 0 Å². The third-order valence-corrected chi connectivity index (χ3v) is 3.52. The molecule has 0 aliphatic carbocycles. The molecule has 1 N–H and O–H groups in total. The van der Waals surface area contributed by atoms with Crippen LogP contribution in [0.1, 0.15) is 23.6 Å². The minimum Gasteiger partial charge on any atom is -0.493 e. The number of fused-ring (bicyclic) bond motifs is 1. The van der Waals surface area contributed by atoms with Gasteiger partial charge in [0.25, 0.3) is 0 Å². The Kier molecular flexibility index (Phi) is 3.83. The van der Waals surface area contributed by atoms with Crippen molar-refractivity contribution in [3.05, 3.63) is 53.7 Å². The standard InChI is InChI=1S/C16H18N2O2/c1-19-16-10-12(6-8-17-16)11-18-14-7-9-20-15-5-3-2-4-13(14)15/h2-6,8,10,14,18H,7,9,11H2,1H3. The van der Waals surface area contributed by atoms with E-state index in [9.17, 15) is 0 Å². The molecule has 0 bridgehead atoms. The van der Waals surface area contributed by atoms with Crippen LogP contribution < -0.4 is 14.8 Å². The van der Waals surface area contributed by atoms with Crippen LogP contribution in [0.5, 0.6) is 11.6 Å². The van der Waals surface area contributed by atoms with Crippen LogP contribution in [0.25, 0.3) is 0 Å². The highest BCUT2D eigenvalue weighted by molar-refractivity contribution is 5.37. The van der Waals surface area contributed by atoms with Crippen molar-refractivity contribution in [2.75, 3.05) is 13.7 Å². The molecule has 1 atom stereocenters. The number of rotatable bonds is 4. The molecule has 1 aliphatic heterocycles. The summed E-state index contributed by atoms with van der Waals surface area (Å²) in [4.78, 5) is 4.12. The average molecular weight is 270 g/mol. The Hall–Kier alpha value is -2.07. The Balaban J connectivity index is 1.70. The molecule has 1 aromatic heterocycles. The second-order valence-electron chi connectivity index (χ2n) is 4.81.